The third-order valence-corrected chi connectivity index (χ3v) is 4.07. The minimum absolute atomic E-state index is 0.125. The van der Waals surface area contributed by atoms with E-state index in [0.717, 1.165) is 12.1 Å². The van der Waals surface area contributed by atoms with E-state index < -0.39 is 0 Å². The Kier molecular flexibility index (Phi) is 7.11. The Labute approximate surface area is 118 Å². The standard InChI is InChI=1S/C17H29NO/c1-5-7-12-18(14(3)6-2)15(4)17-10-8-16(13-19)9-11-17/h8-11,14-15,19H,5-7,12-13H2,1-4H3/t14-,15?/m0/s1. The molecule has 0 aliphatic carbocycles. The molecule has 2 atom stereocenters. The molecule has 108 valence electrons. The third kappa shape index (κ3) is 4.63. The Bertz CT molecular complexity index is 347. The molecule has 1 unspecified atom stereocenters. The summed E-state index contributed by atoms with van der Waals surface area (Å²) in [6.07, 6.45) is 3.68. The van der Waals surface area contributed by atoms with Crippen LogP contribution in [0.1, 0.15) is 64.1 Å². The summed E-state index contributed by atoms with van der Waals surface area (Å²) in [4.78, 5) is 2.59. The minimum Gasteiger partial charge on any atom is -0.392 e. The van der Waals surface area contributed by atoms with Gasteiger partial charge < -0.3 is 5.11 Å². The average Bonchev–Trinajstić information content (AvgIpc) is 2.47. The van der Waals surface area contributed by atoms with Crippen LogP contribution in [0.5, 0.6) is 0 Å². The monoisotopic (exact) mass is 263 g/mol. The predicted molar refractivity (Wildman–Crippen MR) is 82.1 cm³/mol. The van der Waals surface area contributed by atoms with Crippen molar-refractivity contribution in [3.05, 3.63) is 35.4 Å². The van der Waals surface area contributed by atoms with Gasteiger partial charge in [-0.15, -0.1) is 0 Å². The van der Waals surface area contributed by atoms with E-state index in [1.807, 2.05) is 12.1 Å². The second-order valence-electron chi connectivity index (χ2n) is 5.42. The zero-order chi connectivity index (χ0) is 14.3. The quantitative estimate of drug-likeness (QED) is 0.762. The van der Waals surface area contributed by atoms with Crippen LogP contribution in [0, 0.1) is 0 Å². The van der Waals surface area contributed by atoms with E-state index in [2.05, 4.69) is 44.7 Å². The Morgan fingerprint density at radius 1 is 1.11 bits per heavy atom. The number of rotatable bonds is 8. The molecule has 0 bridgehead atoms. The summed E-state index contributed by atoms with van der Waals surface area (Å²) < 4.78 is 0. The minimum atomic E-state index is 0.125. The van der Waals surface area contributed by atoms with Crippen LogP contribution in [0.3, 0.4) is 0 Å². The van der Waals surface area contributed by atoms with Crippen molar-refractivity contribution >= 4 is 0 Å². The second kappa shape index (κ2) is 8.34. The number of benzene rings is 1. The molecule has 0 aliphatic heterocycles. The SMILES string of the molecule is CCCCN(C(C)c1ccc(CO)cc1)[C@@H](C)CC. The first-order valence-electron chi connectivity index (χ1n) is 7.59. The van der Waals surface area contributed by atoms with Crippen LogP contribution < -0.4 is 0 Å². The summed E-state index contributed by atoms with van der Waals surface area (Å²) in [6.45, 7) is 10.4. The van der Waals surface area contributed by atoms with Gasteiger partial charge in [0.1, 0.15) is 0 Å². The molecule has 0 aliphatic rings. The number of nitrogens with zero attached hydrogens (tertiary/aromatic N) is 1. The molecule has 0 radical (unpaired) electrons. The van der Waals surface area contributed by atoms with Gasteiger partial charge in [-0.25, -0.2) is 0 Å². The summed E-state index contributed by atoms with van der Waals surface area (Å²) >= 11 is 0. The molecule has 2 heteroatoms. The van der Waals surface area contributed by atoms with Crippen molar-refractivity contribution in [2.45, 2.75) is 65.6 Å². The van der Waals surface area contributed by atoms with Gasteiger partial charge in [-0.1, -0.05) is 44.5 Å². The zero-order valence-corrected chi connectivity index (χ0v) is 12.9. The largest absolute Gasteiger partial charge is 0.392 e. The molecule has 1 aromatic carbocycles. The van der Waals surface area contributed by atoms with Crippen molar-refractivity contribution in [3.8, 4) is 0 Å². The molecule has 0 saturated carbocycles. The molecule has 1 rings (SSSR count). The van der Waals surface area contributed by atoms with Crippen LogP contribution in [0.2, 0.25) is 0 Å². The summed E-state index contributed by atoms with van der Waals surface area (Å²) in [5.41, 5.74) is 2.33. The lowest BCUT2D eigenvalue weighted by Gasteiger charge is -2.34. The maximum absolute atomic E-state index is 9.11. The number of hydrogen-bond donors (Lipinski definition) is 1. The molecule has 2 nitrogen and oxygen atoms in total. The highest BCUT2D eigenvalue weighted by molar-refractivity contribution is 5.24. The summed E-state index contributed by atoms with van der Waals surface area (Å²) in [5, 5.41) is 9.11. The normalized spacial score (nSPS) is 14.6. The molecule has 0 fully saturated rings. The third-order valence-electron chi connectivity index (χ3n) is 4.07. The number of aliphatic hydroxyl groups excluding tert-OH is 1. The molecule has 0 spiro atoms. The number of aliphatic hydroxyl groups is 1. The second-order valence-corrected chi connectivity index (χ2v) is 5.42. The van der Waals surface area contributed by atoms with Gasteiger partial charge in [-0.05, 0) is 44.4 Å². The summed E-state index contributed by atoms with van der Waals surface area (Å²) in [7, 11) is 0. The van der Waals surface area contributed by atoms with Crippen LogP contribution in [-0.2, 0) is 6.61 Å². The fourth-order valence-electron chi connectivity index (χ4n) is 2.46. The van der Waals surface area contributed by atoms with Crippen LogP contribution in [0.25, 0.3) is 0 Å². The Hall–Kier alpha value is -0.860. The van der Waals surface area contributed by atoms with E-state index in [-0.39, 0.29) is 6.61 Å². The van der Waals surface area contributed by atoms with Crippen molar-refractivity contribution in [3.63, 3.8) is 0 Å². The van der Waals surface area contributed by atoms with Gasteiger partial charge in [0.2, 0.25) is 0 Å². The fourth-order valence-corrected chi connectivity index (χ4v) is 2.46. The molecular weight excluding hydrogens is 234 g/mol. The van der Waals surface area contributed by atoms with Gasteiger partial charge in [0.25, 0.3) is 0 Å². The van der Waals surface area contributed by atoms with Crippen molar-refractivity contribution in [2.24, 2.45) is 0 Å². The lowest BCUT2D eigenvalue weighted by molar-refractivity contribution is 0.147. The molecule has 0 amide bonds. The maximum Gasteiger partial charge on any atom is 0.0681 e. The molecule has 0 aromatic heterocycles. The van der Waals surface area contributed by atoms with Crippen molar-refractivity contribution in [1.29, 1.82) is 0 Å². The zero-order valence-electron chi connectivity index (χ0n) is 12.9. The number of hydrogen-bond acceptors (Lipinski definition) is 2. The van der Waals surface area contributed by atoms with E-state index in [1.54, 1.807) is 0 Å². The molecule has 1 N–H and O–H groups in total. The Balaban J connectivity index is 2.80. The molecule has 19 heavy (non-hydrogen) atoms. The average molecular weight is 263 g/mol. The first kappa shape index (κ1) is 16.2. The van der Waals surface area contributed by atoms with Gasteiger partial charge in [0.05, 0.1) is 6.61 Å². The summed E-state index contributed by atoms with van der Waals surface area (Å²) in [6, 6.07) is 9.41. The van der Waals surface area contributed by atoms with E-state index in [4.69, 9.17) is 5.11 Å². The van der Waals surface area contributed by atoms with Gasteiger partial charge in [-0.3, -0.25) is 4.90 Å². The molecule has 1 aromatic rings. The van der Waals surface area contributed by atoms with E-state index in [1.165, 1.54) is 24.8 Å². The topological polar surface area (TPSA) is 23.5 Å². The van der Waals surface area contributed by atoms with Crippen LogP contribution in [0.15, 0.2) is 24.3 Å². The highest BCUT2D eigenvalue weighted by Gasteiger charge is 2.19. The van der Waals surface area contributed by atoms with E-state index in [0.29, 0.717) is 12.1 Å². The van der Waals surface area contributed by atoms with Crippen LogP contribution in [0.4, 0.5) is 0 Å². The number of unbranched alkanes of at least 4 members (excludes halogenated alkanes) is 1. The maximum atomic E-state index is 9.11. The molecular formula is C17H29NO. The smallest absolute Gasteiger partial charge is 0.0681 e. The Morgan fingerprint density at radius 2 is 1.74 bits per heavy atom. The Morgan fingerprint density at radius 3 is 2.21 bits per heavy atom. The fraction of sp³-hybridized carbons (Fsp3) is 0.647. The van der Waals surface area contributed by atoms with Gasteiger partial charge in [-0.2, -0.15) is 0 Å². The first-order chi connectivity index (χ1) is 9.13. The van der Waals surface area contributed by atoms with Crippen LogP contribution in [-0.4, -0.2) is 22.6 Å². The van der Waals surface area contributed by atoms with E-state index >= 15 is 0 Å². The lowest BCUT2D eigenvalue weighted by atomic mass is 10.0. The molecule has 0 saturated heterocycles. The van der Waals surface area contributed by atoms with Crippen molar-refractivity contribution < 1.29 is 5.11 Å². The van der Waals surface area contributed by atoms with Gasteiger partial charge in [0, 0.05) is 12.1 Å². The highest BCUT2D eigenvalue weighted by Crippen LogP contribution is 2.24. The van der Waals surface area contributed by atoms with Crippen LogP contribution >= 0.6 is 0 Å². The van der Waals surface area contributed by atoms with Crippen molar-refractivity contribution in [1.82, 2.24) is 4.90 Å². The lowest BCUT2D eigenvalue weighted by Crippen LogP contribution is -2.35. The van der Waals surface area contributed by atoms with E-state index in [9.17, 15) is 0 Å². The predicted octanol–water partition coefficient (Wildman–Crippen LogP) is 4.14. The highest BCUT2D eigenvalue weighted by atomic mass is 16.3. The first-order valence-corrected chi connectivity index (χ1v) is 7.59. The van der Waals surface area contributed by atoms with Crippen molar-refractivity contribution in [2.75, 3.05) is 6.54 Å². The van der Waals surface area contributed by atoms with Gasteiger partial charge >= 0.3 is 0 Å². The summed E-state index contributed by atoms with van der Waals surface area (Å²) in [5.74, 6) is 0. The molecule has 0 heterocycles. The van der Waals surface area contributed by atoms with Gasteiger partial charge in [0.15, 0.2) is 0 Å².